The van der Waals surface area contributed by atoms with Crippen molar-refractivity contribution in [2.75, 3.05) is 12.3 Å². The van der Waals surface area contributed by atoms with E-state index < -0.39 is 10.8 Å². The van der Waals surface area contributed by atoms with Crippen molar-refractivity contribution in [1.82, 2.24) is 5.32 Å². The number of rotatable bonds is 4. The van der Waals surface area contributed by atoms with Crippen molar-refractivity contribution in [2.24, 2.45) is 0 Å². The lowest BCUT2D eigenvalue weighted by Crippen LogP contribution is -2.32. The highest BCUT2D eigenvalue weighted by atomic mass is 32.2. The van der Waals surface area contributed by atoms with Crippen molar-refractivity contribution < 1.29 is 4.21 Å². The third-order valence-electron chi connectivity index (χ3n) is 3.41. The van der Waals surface area contributed by atoms with E-state index in [2.05, 4.69) is 16.8 Å². The van der Waals surface area contributed by atoms with Gasteiger partial charge in [-0.1, -0.05) is 0 Å². The predicted molar refractivity (Wildman–Crippen MR) is 80.8 cm³/mol. The first-order chi connectivity index (χ1) is 8.48. The zero-order valence-electron chi connectivity index (χ0n) is 11.5. The Hall–Kier alpha value is -0.190. The first-order valence-electron chi connectivity index (χ1n) is 6.66. The Bertz CT molecular complexity index is 420. The number of fused-ring (bicyclic) bond motifs is 1. The molecule has 0 fully saturated rings. The molecule has 2 rings (SSSR count). The van der Waals surface area contributed by atoms with Crippen LogP contribution in [0.25, 0.3) is 0 Å². The topological polar surface area (TPSA) is 29.1 Å². The molecule has 4 heteroatoms. The van der Waals surface area contributed by atoms with Gasteiger partial charge in [-0.15, -0.1) is 11.3 Å². The van der Waals surface area contributed by atoms with E-state index in [1.807, 2.05) is 32.1 Å². The molecule has 1 N–H and O–H groups in total. The van der Waals surface area contributed by atoms with Gasteiger partial charge in [0.25, 0.3) is 0 Å². The molecular weight excluding hydrogens is 262 g/mol. The van der Waals surface area contributed by atoms with Crippen molar-refractivity contribution in [2.45, 2.75) is 50.8 Å². The average molecular weight is 285 g/mol. The molecule has 2 nitrogen and oxygen atoms in total. The third kappa shape index (κ3) is 3.43. The summed E-state index contributed by atoms with van der Waals surface area (Å²) in [5, 5.41) is 5.77. The van der Waals surface area contributed by atoms with Gasteiger partial charge in [0.2, 0.25) is 0 Å². The molecule has 0 amide bonds. The Kier molecular flexibility index (Phi) is 4.62. The van der Waals surface area contributed by atoms with Crippen LogP contribution in [0.15, 0.2) is 11.4 Å². The van der Waals surface area contributed by atoms with E-state index in [4.69, 9.17) is 0 Å². The lowest BCUT2D eigenvalue weighted by atomic mass is 9.94. The van der Waals surface area contributed by atoms with Crippen LogP contribution in [0.2, 0.25) is 0 Å². The fourth-order valence-electron chi connectivity index (χ4n) is 2.33. The highest BCUT2D eigenvalue weighted by Crippen LogP contribution is 2.33. The van der Waals surface area contributed by atoms with Crippen LogP contribution >= 0.6 is 11.3 Å². The monoisotopic (exact) mass is 285 g/mol. The molecule has 1 aliphatic rings. The molecule has 1 aromatic rings. The van der Waals surface area contributed by atoms with Gasteiger partial charge < -0.3 is 5.32 Å². The Morgan fingerprint density at radius 2 is 2.28 bits per heavy atom. The SMILES string of the molecule is CC(C)(C)S(=O)CCNC1CCCc2sccc21. The second kappa shape index (κ2) is 5.85. The zero-order valence-corrected chi connectivity index (χ0v) is 13.1. The quantitative estimate of drug-likeness (QED) is 0.920. The molecular formula is C14H23NOS2. The van der Waals surface area contributed by atoms with Crippen LogP contribution in [-0.4, -0.2) is 21.3 Å². The van der Waals surface area contributed by atoms with E-state index in [9.17, 15) is 4.21 Å². The van der Waals surface area contributed by atoms with Gasteiger partial charge in [-0.3, -0.25) is 4.21 Å². The summed E-state index contributed by atoms with van der Waals surface area (Å²) in [5.41, 5.74) is 1.48. The van der Waals surface area contributed by atoms with Gasteiger partial charge >= 0.3 is 0 Å². The van der Waals surface area contributed by atoms with Crippen LogP contribution in [0.1, 0.15) is 50.1 Å². The molecule has 0 spiro atoms. The summed E-state index contributed by atoms with van der Waals surface area (Å²) < 4.78 is 11.9. The summed E-state index contributed by atoms with van der Waals surface area (Å²) in [6, 6.07) is 2.73. The maximum Gasteiger partial charge on any atom is 0.0375 e. The first-order valence-corrected chi connectivity index (χ1v) is 8.86. The molecule has 0 saturated carbocycles. The molecule has 102 valence electrons. The van der Waals surface area contributed by atoms with E-state index in [-0.39, 0.29) is 4.75 Å². The fourth-order valence-corrected chi connectivity index (χ4v) is 4.23. The van der Waals surface area contributed by atoms with E-state index in [0.29, 0.717) is 6.04 Å². The zero-order chi connectivity index (χ0) is 13.2. The van der Waals surface area contributed by atoms with Crippen LogP contribution < -0.4 is 5.32 Å². The Morgan fingerprint density at radius 1 is 1.50 bits per heavy atom. The minimum absolute atomic E-state index is 0.0955. The predicted octanol–water partition coefficient (Wildman–Crippen LogP) is 3.26. The van der Waals surface area contributed by atoms with Gasteiger partial charge in [0.05, 0.1) is 0 Å². The molecule has 2 unspecified atom stereocenters. The Morgan fingerprint density at radius 3 is 3.00 bits per heavy atom. The first kappa shape index (κ1) is 14.2. The Balaban J connectivity index is 1.84. The number of thiophene rings is 1. The third-order valence-corrected chi connectivity index (χ3v) is 6.35. The molecule has 18 heavy (non-hydrogen) atoms. The molecule has 0 aliphatic heterocycles. The molecule has 0 bridgehead atoms. The molecule has 0 saturated heterocycles. The summed E-state index contributed by atoms with van der Waals surface area (Å²) in [7, 11) is -0.750. The fraction of sp³-hybridized carbons (Fsp3) is 0.714. The van der Waals surface area contributed by atoms with Gasteiger partial charge in [-0.2, -0.15) is 0 Å². The van der Waals surface area contributed by atoms with Gasteiger partial charge in [0.15, 0.2) is 0 Å². The van der Waals surface area contributed by atoms with Crippen molar-refractivity contribution in [3.05, 3.63) is 21.9 Å². The Labute approximate surface area is 117 Å². The normalized spacial score (nSPS) is 21.6. The summed E-state index contributed by atoms with van der Waals surface area (Å²) in [4.78, 5) is 1.54. The minimum Gasteiger partial charge on any atom is -0.309 e. The minimum atomic E-state index is -0.750. The van der Waals surface area contributed by atoms with E-state index in [0.717, 1.165) is 12.3 Å². The van der Waals surface area contributed by atoms with Crippen molar-refractivity contribution in [3.8, 4) is 0 Å². The molecule has 0 radical (unpaired) electrons. The molecule has 0 aromatic carbocycles. The van der Waals surface area contributed by atoms with Gasteiger partial charge in [0, 0.05) is 38.8 Å². The molecule has 2 atom stereocenters. The van der Waals surface area contributed by atoms with Crippen LogP contribution in [0.4, 0.5) is 0 Å². The summed E-state index contributed by atoms with van der Waals surface area (Å²) in [6.07, 6.45) is 3.72. The van der Waals surface area contributed by atoms with E-state index in [1.165, 1.54) is 29.7 Å². The number of nitrogens with one attached hydrogen (secondary N) is 1. The summed E-state index contributed by atoms with van der Waals surface area (Å²) in [5.74, 6) is 0.749. The second-order valence-corrected chi connectivity index (χ2v) is 9.18. The largest absolute Gasteiger partial charge is 0.309 e. The number of hydrogen-bond donors (Lipinski definition) is 1. The standard InChI is InChI=1S/C14H23NOS2/c1-14(2,3)18(16)10-8-15-12-5-4-6-13-11(12)7-9-17-13/h7,9,12,15H,4-6,8,10H2,1-3H3. The maximum absolute atomic E-state index is 12.0. The molecule has 1 heterocycles. The maximum atomic E-state index is 12.0. The van der Waals surface area contributed by atoms with Crippen LogP contribution in [-0.2, 0) is 17.2 Å². The summed E-state index contributed by atoms with van der Waals surface area (Å²) >= 11 is 1.87. The highest BCUT2D eigenvalue weighted by molar-refractivity contribution is 7.86. The van der Waals surface area contributed by atoms with Gasteiger partial charge in [-0.05, 0) is 57.0 Å². The van der Waals surface area contributed by atoms with Gasteiger partial charge in [0.1, 0.15) is 0 Å². The van der Waals surface area contributed by atoms with Crippen LogP contribution in [0.5, 0.6) is 0 Å². The van der Waals surface area contributed by atoms with Crippen LogP contribution in [0.3, 0.4) is 0 Å². The molecule has 1 aliphatic carbocycles. The van der Waals surface area contributed by atoms with E-state index in [1.54, 1.807) is 0 Å². The van der Waals surface area contributed by atoms with Crippen LogP contribution in [0, 0.1) is 0 Å². The second-order valence-electron chi connectivity index (χ2n) is 5.86. The average Bonchev–Trinajstić information content (AvgIpc) is 2.76. The summed E-state index contributed by atoms with van der Waals surface area (Å²) in [6.45, 7) is 6.98. The van der Waals surface area contributed by atoms with E-state index >= 15 is 0 Å². The highest BCUT2D eigenvalue weighted by Gasteiger charge is 2.22. The molecule has 1 aromatic heterocycles. The lowest BCUT2D eigenvalue weighted by molar-refractivity contribution is 0.476. The van der Waals surface area contributed by atoms with Gasteiger partial charge in [-0.25, -0.2) is 0 Å². The smallest absolute Gasteiger partial charge is 0.0375 e. The number of aryl methyl sites for hydroxylation is 1. The lowest BCUT2D eigenvalue weighted by Gasteiger charge is -2.24. The van der Waals surface area contributed by atoms with Crippen molar-refractivity contribution in [1.29, 1.82) is 0 Å². The number of hydrogen-bond acceptors (Lipinski definition) is 3. The van der Waals surface area contributed by atoms with Crippen molar-refractivity contribution in [3.63, 3.8) is 0 Å². The van der Waals surface area contributed by atoms with Crippen molar-refractivity contribution >= 4 is 22.1 Å².